The minimum Gasteiger partial charge on any atom is -0.481 e. The van der Waals surface area contributed by atoms with E-state index in [1.807, 2.05) is 20.8 Å². The van der Waals surface area contributed by atoms with Gasteiger partial charge in [-0.3, -0.25) is 4.79 Å². The molecular weight excluding hydrogens is 308 g/mol. The van der Waals surface area contributed by atoms with Crippen molar-refractivity contribution in [3.63, 3.8) is 0 Å². The lowest BCUT2D eigenvalue weighted by molar-refractivity contribution is -0.137. The van der Waals surface area contributed by atoms with Crippen LogP contribution in [0.4, 0.5) is 0 Å². The van der Waals surface area contributed by atoms with E-state index in [1.54, 1.807) is 18.2 Å². The SMILES string of the molecule is C=CC.C=CC.C=CC.CCCCCCCCCCCCCC(=O)O. The minimum absolute atomic E-state index is 0.344. The van der Waals surface area contributed by atoms with Crippen molar-refractivity contribution in [1.82, 2.24) is 0 Å². The van der Waals surface area contributed by atoms with Gasteiger partial charge >= 0.3 is 5.97 Å². The van der Waals surface area contributed by atoms with Crippen molar-refractivity contribution in [3.8, 4) is 0 Å². The first kappa shape index (κ1) is 31.5. The zero-order chi connectivity index (χ0) is 20.2. The number of carboxylic acid groups (broad SMARTS) is 1. The molecule has 0 amide bonds. The van der Waals surface area contributed by atoms with Gasteiger partial charge in [0, 0.05) is 6.42 Å². The molecular formula is C23H46O2. The van der Waals surface area contributed by atoms with Crippen LogP contribution in [0.5, 0.6) is 0 Å². The minimum atomic E-state index is -0.657. The highest BCUT2D eigenvalue weighted by Gasteiger charge is 1.96. The van der Waals surface area contributed by atoms with Crippen molar-refractivity contribution in [3.05, 3.63) is 38.0 Å². The number of allylic oxidation sites excluding steroid dienone is 3. The first-order valence-corrected chi connectivity index (χ1v) is 9.95. The van der Waals surface area contributed by atoms with Crippen LogP contribution in [-0.4, -0.2) is 11.1 Å². The Kier molecular flexibility index (Phi) is 48.2. The Labute approximate surface area is 159 Å². The summed E-state index contributed by atoms with van der Waals surface area (Å²) in [5.74, 6) is -0.657. The maximum atomic E-state index is 10.3. The lowest BCUT2D eigenvalue weighted by atomic mass is 10.1. The van der Waals surface area contributed by atoms with E-state index < -0.39 is 5.97 Å². The molecule has 0 bridgehead atoms. The monoisotopic (exact) mass is 354 g/mol. The van der Waals surface area contributed by atoms with Crippen LogP contribution in [0, 0.1) is 0 Å². The smallest absolute Gasteiger partial charge is 0.303 e. The first-order valence-electron chi connectivity index (χ1n) is 9.95. The van der Waals surface area contributed by atoms with Gasteiger partial charge in [0.2, 0.25) is 0 Å². The third-order valence-corrected chi connectivity index (χ3v) is 2.99. The van der Waals surface area contributed by atoms with Crippen LogP contribution in [0.25, 0.3) is 0 Å². The van der Waals surface area contributed by atoms with Crippen molar-refractivity contribution in [1.29, 1.82) is 0 Å². The highest BCUT2D eigenvalue weighted by molar-refractivity contribution is 5.66. The molecule has 0 saturated carbocycles. The second-order valence-electron chi connectivity index (χ2n) is 5.90. The summed E-state index contributed by atoms with van der Waals surface area (Å²) in [5.41, 5.74) is 0. The van der Waals surface area contributed by atoms with E-state index in [0.29, 0.717) is 6.42 Å². The molecule has 0 aliphatic heterocycles. The van der Waals surface area contributed by atoms with Crippen LogP contribution in [-0.2, 0) is 4.79 Å². The summed E-state index contributed by atoms with van der Waals surface area (Å²) in [6, 6.07) is 0. The highest BCUT2D eigenvalue weighted by atomic mass is 16.4. The zero-order valence-corrected chi connectivity index (χ0v) is 17.7. The Bertz CT molecular complexity index is 243. The molecule has 2 nitrogen and oxygen atoms in total. The molecule has 0 aliphatic carbocycles. The van der Waals surface area contributed by atoms with Gasteiger partial charge in [0.15, 0.2) is 0 Å². The molecule has 150 valence electrons. The Hall–Kier alpha value is -1.31. The fourth-order valence-corrected chi connectivity index (χ4v) is 1.94. The summed E-state index contributed by atoms with van der Waals surface area (Å²) in [7, 11) is 0. The van der Waals surface area contributed by atoms with Crippen LogP contribution < -0.4 is 0 Å². The zero-order valence-electron chi connectivity index (χ0n) is 17.7. The van der Waals surface area contributed by atoms with Gasteiger partial charge in [-0.15, -0.1) is 19.7 Å². The van der Waals surface area contributed by atoms with E-state index in [9.17, 15) is 4.79 Å². The van der Waals surface area contributed by atoms with Gasteiger partial charge in [-0.25, -0.2) is 0 Å². The number of aliphatic carboxylic acids is 1. The Morgan fingerprint density at radius 1 is 0.680 bits per heavy atom. The normalized spacial score (nSPS) is 8.32. The highest BCUT2D eigenvalue weighted by Crippen LogP contribution is 2.11. The van der Waals surface area contributed by atoms with Gasteiger partial charge in [-0.1, -0.05) is 89.4 Å². The van der Waals surface area contributed by atoms with Crippen LogP contribution in [0.1, 0.15) is 105 Å². The van der Waals surface area contributed by atoms with Gasteiger partial charge in [-0.2, -0.15) is 0 Å². The van der Waals surface area contributed by atoms with Gasteiger partial charge < -0.3 is 5.11 Å². The van der Waals surface area contributed by atoms with Crippen LogP contribution in [0.2, 0.25) is 0 Å². The summed E-state index contributed by atoms with van der Waals surface area (Å²) >= 11 is 0. The van der Waals surface area contributed by atoms with Crippen LogP contribution >= 0.6 is 0 Å². The lowest BCUT2D eigenvalue weighted by Crippen LogP contribution is -1.93. The molecule has 0 unspecified atom stereocenters. The van der Waals surface area contributed by atoms with E-state index in [-0.39, 0.29) is 0 Å². The topological polar surface area (TPSA) is 37.3 Å². The number of unbranched alkanes of at least 4 members (excludes halogenated alkanes) is 10. The summed E-state index contributed by atoms with van der Waals surface area (Å²) < 4.78 is 0. The molecule has 0 saturated heterocycles. The quantitative estimate of drug-likeness (QED) is 0.282. The van der Waals surface area contributed by atoms with Crippen molar-refractivity contribution >= 4 is 5.97 Å². The van der Waals surface area contributed by atoms with E-state index in [4.69, 9.17) is 5.11 Å². The van der Waals surface area contributed by atoms with E-state index in [1.165, 1.54) is 57.8 Å². The average Bonchev–Trinajstić information content (AvgIpc) is 2.54. The predicted octanol–water partition coefficient (Wildman–Crippen LogP) is 8.35. The Morgan fingerprint density at radius 3 is 1.16 bits per heavy atom. The standard InChI is InChI=1S/C14H28O2.3C3H6/c1-2-3-4-5-6-7-8-9-10-11-12-13-14(15)16;3*1-3-2/h2-13H2,1H3,(H,15,16);3*3H,1H2,2H3. The molecule has 0 atom stereocenters. The third kappa shape index (κ3) is 71.1. The van der Waals surface area contributed by atoms with E-state index >= 15 is 0 Å². The fourth-order valence-electron chi connectivity index (χ4n) is 1.94. The van der Waals surface area contributed by atoms with Crippen molar-refractivity contribution in [2.45, 2.75) is 105 Å². The molecule has 0 radical (unpaired) electrons. The molecule has 1 N–H and O–H groups in total. The molecule has 2 heteroatoms. The molecule has 0 rings (SSSR count). The number of rotatable bonds is 12. The third-order valence-electron chi connectivity index (χ3n) is 2.99. The largest absolute Gasteiger partial charge is 0.481 e. The molecule has 0 heterocycles. The summed E-state index contributed by atoms with van der Waals surface area (Å²) in [5, 5.41) is 8.46. The maximum absolute atomic E-state index is 10.3. The van der Waals surface area contributed by atoms with Gasteiger partial charge in [-0.05, 0) is 27.2 Å². The number of carbonyl (C=O) groups is 1. The molecule has 0 spiro atoms. The molecule has 0 aromatic rings. The molecule has 0 aromatic heterocycles. The number of hydrogen-bond donors (Lipinski definition) is 1. The Morgan fingerprint density at radius 2 is 0.920 bits per heavy atom. The van der Waals surface area contributed by atoms with Gasteiger partial charge in [0.05, 0.1) is 0 Å². The van der Waals surface area contributed by atoms with Crippen molar-refractivity contribution in [2.24, 2.45) is 0 Å². The maximum Gasteiger partial charge on any atom is 0.303 e. The second kappa shape index (κ2) is 38.3. The average molecular weight is 355 g/mol. The van der Waals surface area contributed by atoms with Crippen LogP contribution in [0.3, 0.4) is 0 Å². The summed E-state index contributed by atoms with van der Waals surface area (Å²) in [6.07, 6.45) is 19.6. The number of carboxylic acids is 1. The Balaban J connectivity index is -0.000000204. The van der Waals surface area contributed by atoms with Crippen molar-refractivity contribution in [2.75, 3.05) is 0 Å². The molecule has 0 fully saturated rings. The number of hydrogen-bond acceptors (Lipinski definition) is 1. The van der Waals surface area contributed by atoms with Gasteiger partial charge in [0.1, 0.15) is 0 Å². The summed E-state index contributed by atoms with van der Waals surface area (Å²) in [4.78, 5) is 10.3. The summed E-state index contributed by atoms with van der Waals surface area (Å²) in [6.45, 7) is 18.0. The molecule has 25 heavy (non-hydrogen) atoms. The first-order chi connectivity index (χ1) is 12.0. The van der Waals surface area contributed by atoms with Crippen LogP contribution in [0.15, 0.2) is 38.0 Å². The lowest BCUT2D eigenvalue weighted by Gasteiger charge is -2.01. The van der Waals surface area contributed by atoms with Gasteiger partial charge in [0.25, 0.3) is 0 Å². The van der Waals surface area contributed by atoms with E-state index in [0.717, 1.165) is 12.8 Å². The molecule has 0 aliphatic rings. The second-order valence-corrected chi connectivity index (χ2v) is 5.90. The molecule has 0 aromatic carbocycles. The fraction of sp³-hybridized carbons (Fsp3) is 0.696. The van der Waals surface area contributed by atoms with Crippen molar-refractivity contribution < 1.29 is 9.90 Å². The predicted molar refractivity (Wildman–Crippen MR) is 116 cm³/mol. The van der Waals surface area contributed by atoms with E-state index in [2.05, 4.69) is 26.7 Å².